The van der Waals surface area contributed by atoms with Crippen LogP contribution in [-0.4, -0.2) is 4.98 Å². The molecule has 3 nitrogen and oxygen atoms in total. The van der Waals surface area contributed by atoms with E-state index in [9.17, 15) is 0 Å². The van der Waals surface area contributed by atoms with Crippen LogP contribution in [0.15, 0.2) is 18.3 Å². The standard InChI is InChI=1S/C9H13IN2.H3N/c1-6(2)9(11)8-4-3-7(10)5-12-8;/h3-6,9H,11H2,1-2H3;1H3. The van der Waals surface area contributed by atoms with E-state index in [1.807, 2.05) is 18.3 Å². The fraction of sp³-hybridized carbons (Fsp3) is 0.444. The molecule has 1 aromatic rings. The molecule has 74 valence electrons. The molecule has 0 fully saturated rings. The Hall–Kier alpha value is -0.200. The van der Waals surface area contributed by atoms with Crippen molar-refractivity contribution in [3.05, 3.63) is 27.6 Å². The summed E-state index contributed by atoms with van der Waals surface area (Å²) in [5.74, 6) is 0.442. The third kappa shape index (κ3) is 3.58. The summed E-state index contributed by atoms with van der Waals surface area (Å²) >= 11 is 2.23. The molecule has 13 heavy (non-hydrogen) atoms. The quantitative estimate of drug-likeness (QED) is 0.823. The zero-order valence-electron chi connectivity index (χ0n) is 8.00. The Morgan fingerprint density at radius 3 is 2.38 bits per heavy atom. The molecular weight excluding hydrogens is 277 g/mol. The maximum atomic E-state index is 5.92. The van der Waals surface area contributed by atoms with Crippen LogP contribution in [0.2, 0.25) is 0 Å². The van der Waals surface area contributed by atoms with Crippen LogP contribution in [0.25, 0.3) is 0 Å². The zero-order valence-corrected chi connectivity index (χ0v) is 10.2. The van der Waals surface area contributed by atoms with E-state index >= 15 is 0 Å². The van der Waals surface area contributed by atoms with Crippen molar-refractivity contribution in [2.24, 2.45) is 11.7 Å². The first-order chi connectivity index (χ1) is 5.61. The highest BCUT2D eigenvalue weighted by Crippen LogP contribution is 2.16. The van der Waals surface area contributed by atoms with Gasteiger partial charge >= 0.3 is 0 Å². The second-order valence-electron chi connectivity index (χ2n) is 3.17. The van der Waals surface area contributed by atoms with Gasteiger partial charge in [-0.3, -0.25) is 4.98 Å². The molecule has 0 spiro atoms. The predicted octanol–water partition coefficient (Wildman–Crippen LogP) is 2.50. The summed E-state index contributed by atoms with van der Waals surface area (Å²) in [5, 5.41) is 0. The van der Waals surface area contributed by atoms with Gasteiger partial charge in [0.2, 0.25) is 0 Å². The lowest BCUT2D eigenvalue weighted by Crippen LogP contribution is -2.17. The van der Waals surface area contributed by atoms with Crippen molar-refractivity contribution in [3.8, 4) is 0 Å². The van der Waals surface area contributed by atoms with Gasteiger partial charge in [-0.15, -0.1) is 0 Å². The highest BCUT2D eigenvalue weighted by Gasteiger charge is 2.10. The molecule has 1 aromatic heterocycles. The van der Waals surface area contributed by atoms with E-state index in [0.717, 1.165) is 9.26 Å². The molecule has 5 N–H and O–H groups in total. The summed E-state index contributed by atoms with van der Waals surface area (Å²) in [6.07, 6.45) is 1.85. The molecule has 0 amide bonds. The van der Waals surface area contributed by atoms with E-state index in [-0.39, 0.29) is 12.2 Å². The van der Waals surface area contributed by atoms with Gasteiger partial charge in [0.15, 0.2) is 0 Å². The minimum Gasteiger partial charge on any atom is -0.344 e. The van der Waals surface area contributed by atoms with Crippen molar-refractivity contribution in [3.63, 3.8) is 0 Å². The second-order valence-corrected chi connectivity index (χ2v) is 4.42. The molecule has 1 unspecified atom stereocenters. The molecule has 0 saturated carbocycles. The van der Waals surface area contributed by atoms with E-state index in [2.05, 4.69) is 41.4 Å². The van der Waals surface area contributed by atoms with Crippen LogP contribution in [0.4, 0.5) is 0 Å². The number of nitrogens with zero attached hydrogens (tertiary/aromatic N) is 1. The molecular formula is C9H16IN3. The second kappa shape index (κ2) is 5.51. The fourth-order valence-corrected chi connectivity index (χ4v) is 1.25. The van der Waals surface area contributed by atoms with Crippen molar-refractivity contribution in [1.29, 1.82) is 0 Å². The van der Waals surface area contributed by atoms with Crippen LogP contribution in [0.3, 0.4) is 0 Å². The largest absolute Gasteiger partial charge is 0.344 e. The van der Waals surface area contributed by atoms with Crippen LogP contribution in [0, 0.1) is 9.49 Å². The summed E-state index contributed by atoms with van der Waals surface area (Å²) in [6, 6.07) is 4.08. The van der Waals surface area contributed by atoms with Crippen LogP contribution in [0.1, 0.15) is 25.6 Å². The van der Waals surface area contributed by atoms with Gasteiger partial charge in [0.05, 0.1) is 5.69 Å². The third-order valence-corrected chi connectivity index (χ3v) is 2.45. The van der Waals surface area contributed by atoms with E-state index < -0.39 is 0 Å². The van der Waals surface area contributed by atoms with Crippen LogP contribution in [0.5, 0.6) is 0 Å². The topological polar surface area (TPSA) is 73.9 Å². The van der Waals surface area contributed by atoms with E-state index in [4.69, 9.17) is 5.73 Å². The Morgan fingerprint density at radius 1 is 1.38 bits per heavy atom. The minimum absolute atomic E-state index is 0. The van der Waals surface area contributed by atoms with Gasteiger partial charge in [0.25, 0.3) is 0 Å². The molecule has 0 saturated heterocycles. The van der Waals surface area contributed by atoms with Crippen molar-refractivity contribution in [2.75, 3.05) is 0 Å². The van der Waals surface area contributed by atoms with Crippen molar-refractivity contribution in [2.45, 2.75) is 19.9 Å². The number of aromatic nitrogens is 1. The molecule has 0 radical (unpaired) electrons. The highest BCUT2D eigenvalue weighted by atomic mass is 127. The zero-order chi connectivity index (χ0) is 9.14. The van der Waals surface area contributed by atoms with Gasteiger partial charge in [0.1, 0.15) is 0 Å². The first kappa shape index (κ1) is 12.8. The van der Waals surface area contributed by atoms with E-state index in [0.29, 0.717) is 5.92 Å². The maximum absolute atomic E-state index is 5.92. The molecule has 0 aliphatic carbocycles. The lowest BCUT2D eigenvalue weighted by molar-refractivity contribution is 0.503. The molecule has 0 aliphatic rings. The average Bonchev–Trinajstić information content (AvgIpc) is 2.04. The average molecular weight is 293 g/mol. The van der Waals surface area contributed by atoms with Crippen LogP contribution < -0.4 is 11.9 Å². The van der Waals surface area contributed by atoms with Gasteiger partial charge in [-0.1, -0.05) is 13.8 Å². The van der Waals surface area contributed by atoms with Crippen LogP contribution in [-0.2, 0) is 0 Å². The van der Waals surface area contributed by atoms with Gasteiger partial charge < -0.3 is 11.9 Å². The van der Waals surface area contributed by atoms with Crippen molar-refractivity contribution >= 4 is 22.6 Å². The van der Waals surface area contributed by atoms with Crippen molar-refractivity contribution < 1.29 is 0 Å². The molecule has 1 rings (SSSR count). The maximum Gasteiger partial charge on any atom is 0.0574 e. The summed E-state index contributed by atoms with van der Waals surface area (Å²) in [4.78, 5) is 4.27. The van der Waals surface area contributed by atoms with Gasteiger partial charge in [-0.05, 0) is 40.6 Å². The molecule has 1 atom stereocenters. The first-order valence-corrected chi connectivity index (χ1v) is 5.06. The van der Waals surface area contributed by atoms with Gasteiger partial charge in [-0.2, -0.15) is 0 Å². The Balaban J connectivity index is 0.00000144. The number of hydrogen-bond acceptors (Lipinski definition) is 3. The van der Waals surface area contributed by atoms with Crippen molar-refractivity contribution in [1.82, 2.24) is 11.1 Å². The molecule has 0 aliphatic heterocycles. The Kier molecular flexibility index (Phi) is 5.43. The minimum atomic E-state index is 0. The summed E-state index contributed by atoms with van der Waals surface area (Å²) in [5.41, 5.74) is 6.90. The summed E-state index contributed by atoms with van der Waals surface area (Å²) in [7, 11) is 0. The number of halogens is 1. The predicted molar refractivity (Wildman–Crippen MR) is 63.7 cm³/mol. The summed E-state index contributed by atoms with van der Waals surface area (Å²) < 4.78 is 1.15. The fourth-order valence-electron chi connectivity index (χ4n) is 0.926. The smallest absolute Gasteiger partial charge is 0.0574 e. The first-order valence-electron chi connectivity index (χ1n) is 3.98. The number of nitrogens with two attached hydrogens (primary N) is 1. The number of hydrogen-bond donors (Lipinski definition) is 2. The van der Waals surface area contributed by atoms with E-state index in [1.54, 1.807) is 0 Å². The third-order valence-electron chi connectivity index (χ3n) is 1.81. The van der Waals surface area contributed by atoms with Gasteiger partial charge in [-0.25, -0.2) is 0 Å². The molecule has 0 bridgehead atoms. The number of pyridine rings is 1. The van der Waals surface area contributed by atoms with E-state index in [1.165, 1.54) is 0 Å². The lowest BCUT2D eigenvalue weighted by atomic mass is 10.0. The Labute approximate surface area is 92.8 Å². The molecule has 4 heteroatoms. The normalized spacial score (nSPS) is 12.4. The molecule has 0 aromatic carbocycles. The summed E-state index contributed by atoms with van der Waals surface area (Å²) in [6.45, 7) is 4.20. The SMILES string of the molecule is CC(C)C(N)c1ccc(I)cn1.N. The van der Waals surface area contributed by atoms with Crippen LogP contribution >= 0.6 is 22.6 Å². The monoisotopic (exact) mass is 293 g/mol. The highest BCUT2D eigenvalue weighted by molar-refractivity contribution is 14.1. The van der Waals surface area contributed by atoms with Gasteiger partial charge in [0, 0.05) is 15.8 Å². The molecule has 1 heterocycles. The Morgan fingerprint density at radius 2 is 2.00 bits per heavy atom. The number of rotatable bonds is 2. The Bertz CT molecular complexity index is 246. The lowest BCUT2D eigenvalue weighted by Gasteiger charge is -2.14.